The first-order chi connectivity index (χ1) is 17.9. The van der Waals surface area contributed by atoms with E-state index in [9.17, 15) is 9.90 Å². The third kappa shape index (κ3) is 5.83. The van der Waals surface area contributed by atoms with Gasteiger partial charge in [0.05, 0.1) is 30.2 Å². The predicted octanol–water partition coefficient (Wildman–Crippen LogP) is 2.34. The molecule has 1 N–H and O–H groups in total. The van der Waals surface area contributed by atoms with E-state index in [0.29, 0.717) is 48.8 Å². The summed E-state index contributed by atoms with van der Waals surface area (Å²) in [6, 6.07) is 5.79. The van der Waals surface area contributed by atoms with Gasteiger partial charge in [0.1, 0.15) is 0 Å². The summed E-state index contributed by atoms with van der Waals surface area (Å²) in [5, 5.41) is 15.9. The molecule has 2 aliphatic heterocycles. The fourth-order valence-electron chi connectivity index (χ4n) is 5.26. The molecule has 1 atom stereocenters. The molecule has 0 aliphatic carbocycles. The fourth-order valence-corrected chi connectivity index (χ4v) is 5.54. The molecule has 0 spiro atoms. The van der Waals surface area contributed by atoms with Gasteiger partial charge in [0.25, 0.3) is 0 Å². The van der Waals surface area contributed by atoms with Crippen LogP contribution in [0.15, 0.2) is 28.9 Å². The number of aromatic nitrogens is 3. The van der Waals surface area contributed by atoms with Crippen molar-refractivity contribution in [1.82, 2.24) is 29.4 Å². The maximum Gasteiger partial charge on any atom is 0.241 e. The van der Waals surface area contributed by atoms with Gasteiger partial charge in [-0.15, -0.1) is 0 Å². The Morgan fingerprint density at radius 3 is 2.81 bits per heavy atom. The lowest BCUT2D eigenvalue weighted by Gasteiger charge is -2.40. The number of fused-ring (bicyclic) bond motifs is 1. The smallest absolute Gasteiger partial charge is 0.241 e. The van der Waals surface area contributed by atoms with Crippen LogP contribution in [0.3, 0.4) is 0 Å². The Bertz CT molecular complexity index is 1220. The molecule has 11 heteroatoms. The minimum absolute atomic E-state index is 0.0142. The first-order valence-electron chi connectivity index (χ1n) is 12.9. The normalized spacial score (nSPS) is 20.1. The summed E-state index contributed by atoms with van der Waals surface area (Å²) in [6.45, 7) is 5.30. The highest BCUT2D eigenvalue weighted by Crippen LogP contribution is 2.34. The van der Waals surface area contributed by atoms with Gasteiger partial charge in [0, 0.05) is 76.7 Å². The topological polar surface area (TPSA) is 100 Å². The summed E-state index contributed by atoms with van der Waals surface area (Å²) in [5.41, 5.74) is 1.89. The van der Waals surface area contributed by atoms with E-state index in [1.165, 1.54) is 0 Å². The van der Waals surface area contributed by atoms with Gasteiger partial charge in [-0.05, 0) is 24.8 Å². The third-order valence-corrected chi connectivity index (χ3v) is 7.75. The lowest BCUT2D eigenvalue weighted by Crippen LogP contribution is -2.56. The molecule has 37 heavy (non-hydrogen) atoms. The van der Waals surface area contributed by atoms with Crippen molar-refractivity contribution in [2.24, 2.45) is 5.92 Å². The minimum Gasteiger partial charge on any atom is -0.395 e. The molecule has 0 unspecified atom stereocenters. The standard InChI is InChI=1S/C26H35ClN6O4/c1-30(2)24(35)16-32-9-8-31(13-19(32)17-34)15-23-28-26(29-37-23)21-14-33(12-18-6-10-36-11-7-18)25-20(21)4-3-5-22(25)27/h3-5,14,18-19,34H,6-13,15-17H2,1-2H3/t19-/m0/s1. The Morgan fingerprint density at radius 1 is 1.24 bits per heavy atom. The first-order valence-corrected chi connectivity index (χ1v) is 13.3. The van der Waals surface area contributed by atoms with E-state index < -0.39 is 0 Å². The molecule has 1 amide bonds. The third-order valence-electron chi connectivity index (χ3n) is 7.45. The Balaban J connectivity index is 1.30. The minimum atomic E-state index is -0.120. The average Bonchev–Trinajstić information content (AvgIpc) is 3.50. The summed E-state index contributed by atoms with van der Waals surface area (Å²) in [5.74, 6) is 1.64. The van der Waals surface area contributed by atoms with Crippen LogP contribution in [0, 0.1) is 5.92 Å². The fraction of sp³-hybridized carbons (Fsp3) is 0.577. The van der Waals surface area contributed by atoms with Crippen LogP contribution in [0.5, 0.6) is 0 Å². The van der Waals surface area contributed by atoms with Crippen LogP contribution in [0.1, 0.15) is 18.7 Å². The number of hydrogen-bond donors (Lipinski definition) is 1. The second-order valence-electron chi connectivity index (χ2n) is 10.2. The van der Waals surface area contributed by atoms with Crippen molar-refractivity contribution in [3.8, 4) is 11.4 Å². The number of amides is 1. The second-order valence-corrected chi connectivity index (χ2v) is 10.6. The van der Waals surface area contributed by atoms with Crippen molar-refractivity contribution in [1.29, 1.82) is 0 Å². The van der Waals surface area contributed by atoms with Crippen LogP contribution in [-0.2, 0) is 22.6 Å². The van der Waals surface area contributed by atoms with Gasteiger partial charge >= 0.3 is 0 Å². The zero-order valence-electron chi connectivity index (χ0n) is 21.5. The molecule has 200 valence electrons. The van der Waals surface area contributed by atoms with E-state index in [4.69, 9.17) is 25.8 Å². The SMILES string of the molecule is CN(C)C(=O)CN1CCN(Cc2nc(-c3cn(CC4CCOCC4)c4c(Cl)cccc34)no2)C[C@H]1CO. The summed E-state index contributed by atoms with van der Waals surface area (Å²) < 4.78 is 13.4. The van der Waals surface area contributed by atoms with Crippen molar-refractivity contribution in [3.05, 3.63) is 35.3 Å². The van der Waals surface area contributed by atoms with Crippen LogP contribution in [0.2, 0.25) is 5.02 Å². The Morgan fingerprint density at radius 2 is 2.05 bits per heavy atom. The van der Waals surface area contributed by atoms with Crippen molar-refractivity contribution in [2.75, 3.05) is 60.1 Å². The number of piperazine rings is 1. The number of nitrogens with zero attached hydrogens (tertiary/aromatic N) is 6. The molecule has 2 saturated heterocycles. The second kappa shape index (κ2) is 11.5. The van der Waals surface area contributed by atoms with Crippen molar-refractivity contribution in [3.63, 3.8) is 0 Å². The van der Waals surface area contributed by atoms with E-state index in [-0.39, 0.29) is 18.6 Å². The molecule has 10 nitrogen and oxygen atoms in total. The highest BCUT2D eigenvalue weighted by molar-refractivity contribution is 6.35. The van der Waals surface area contributed by atoms with E-state index in [0.717, 1.165) is 55.6 Å². The lowest BCUT2D eigenvalue weighted by molar-refractivity contribution is -0.131. The zero-order chi connectivity index (χ0) is 25.9. The van der Waals surface area contributed by atoms with Crippen molar-refractivity contribution in [2.45, 2.75) is 32.0 Å². The van der Waals surface area contributed by atoms with Crippen LogP contribution in [0.4, 0.5) is 0 Å². The summed E-state index contributed by atoms with van der Waals surface area (Å²) in [6.07, 6.45) is 4.16. The first kappa shape index (κ1) is 26.1. The van der Waals surface area contributed by atoms with E-state index in [1.54, 1.807) is 19.0 Å². The molecule has 3 aromatic rings. The van der Waals surface area contributed by atoms with Crippen molar-refractivity contribution < 1.29 is 19.2 Å². The molecule has 4 heterocycles. The van der Waals surface area contributed by atoms with Gasteiger partial charge in [-0.2, -0.15) is 4.98 Å². The van der Waals surface area contributed by atoms with Crippen LogP contribution in [0.25, 0.3) is 22.3 Å². The van der Waals surface area contributed by atoms with Gasteiger partial charge in [0.2, 0.25) is 17.6 Å². The number of para-hydroxylation sites is 1. The number of carbonyl (C=O) groups excluding carboxylic acids is 1. The van der Waals surface area contributed by atoms with E-state index >= 15 is 0 Å². The zero-order valence-corrected chi connectivity index (χ0v) is 22.2. The van der Waals surface area contributed by atoms with Gasteiger partial charge in [-0.25, -0.2) is 0 Å². The molecule has 1 aromatic carbocycles. The van der Waals surface area contributed by atoms with Crippen LogP contribution >= 0.6 is 11.6 Å². The maximum absolute atomic E-state index is 12.2. The van der Waals surface area contributed by atoms with E-state index in [1.807, 2.05) is 23.1 Å². The highest BCUT2D eigenvalue weighted by Gasteiger charge is 2.29. The summed E-state index contributed by atoms with van der Waals surface area (Å²) in [7, 11) is 3.49. The number of rotatable bonds is 8. The van der Waals surface area contributed by atoms with Gasteiger partial charge in [-0.1, -0.05) is 28.9 Å². The molecule has 5 rings (SSSR count). The van der Waals surface area contributed by atoms with Gasteiger partial charge in [-0.3, -0.25) is 14.6 Å². The highest BCUT2D eigenvalue weighted by atomic mass is 35.5. The van der Waals surface area contributed by atoms with Crippen molar-refractivity contribution >= 4 is 28.4 Å². The molecule has 2 aromatic heterocycles. The number of aliphatic hydroxyl groups excluding tert-OH is 1. The summed E-state index contributed by atoms with van der Waals surface area (Å²) >= 11 is 6.64. The number of carbonyl (C=O) groups is 1. The number of hydrogen-bond acceptors (Lipinski definition) is 8. The number of benzene rings is 1. The van der Waals surface area contributed by atoms with Gasteiger partial charge in [0.15, 0.2) is 0 Å². The number of ether oxygens (including phenoxy) is 1. The Kier molecular flexibility index (Phi) is 8.11. The molecule has 2 aliphatic rings. The maximum atomic E-state index is 12.2. The monoisotopic (exact) mass is 530 g/mol. The quantitative estimate of drug-likeness (QED) is 0.474. The molecule has 0 bridgehead atoms. The molecule has 0 radical (unpaired) electrons. The molecule has 2 fully saturated rings. The number of likely N-dealkylation sites (N-methyl/N-ethyl adjacent to an activating group) is 1. The van der Waals surface area contributed by atoms with E-state index in [2.05, 4.69) is 20.8 Å². The molecular formula is C26H35ClN6O4. The Hall–Kier alpha value is -2.50. The number of aliphatic hydroxyl groups is 1. The van der Waals surface area contributed by atoms with Crippen LogP contribution in [-0.4, -0.2) is 107 Å². The summed E-state index contributed by atoms with van der Waals surface area (Å²) in [4.78, 5) is 22.7. The number of halogens is 1. The average molecular weight is 531 g/mol. The molecule has 0 saturated carbocycles. The lowest BCUT2D eigenvalue weighted by atomic mass is 10.0. The van der Waals surface area contributed by atoms with Crippen LogP contribution < -0.4 is 0 Å². The Labute approximate surface area is 221 Å². The van der Waals surface area contributed by atoms with Gasteiger partial charge < -0.3 is 23.8 Å². The largest absolute Gasteiger partial charge is 0.395 e. The molecular weight excluding hydrogens is 496 g/mol. The predicted molar refractivity (Wildman–Crippen MR) is 140 cm³/mol.